The van der Waals surface area contributed by atoms with Gasteiger partial charge in [-0.1, -0.05) is 12.1 Å². The second-order valence-electron chi connectivity index (χ2n) is 6.41. The minimum atomic E-state index is -0.187. The number of rotatable bonds is 6. The summed E-state index contributed by atoms with van der Waals surface area (Å²) in [7, 11) is 0. The maximum absolute atomic E-state index is 12.5. The van der Waals surface area contributed by atoms with Gasteiger partial charge < -0.3 is 15.0 Å². The number of nitrogens with zero attached hydrogens (tertiary/aromatic N) is 5. The van der Waals surface area contributed by atoms with Gasteiger partial charge in [-0.2, -0.15) is 5.10 Å². The molecule has 1 fully saturated rings. The Morgan fingerprint density at radius 1 is 1.22 bits per heavy atom. The van der Waals surface area contributed by atoms with Crippen LogP contribution < -0.4 is 15.0 Å². The lowest BCUT2D eigenvalue weighted by atomic mass is 10.3. The largest absolute Gasteiger partial charge is 0.492 e. The molecule has 1 amide bonds. The number of carbonyl (C=O) groups excluding carboxylic acids is 1. The molecule has 0 aliphatic carbocycles. The Kier molecular flexibility index (Phi) is 4.86. The second-order valence-corrected chi connectivity index (χ2v) is 6.41. The minimum Gasteiger partial charge on any atom is -0.492 e. The third-order valence-corrected chi connectivity index (χ3v) is 4.57. The number of ether oxygens (including phenoxy) is 1. The average molecular weight is 366 g/mol. The molecule has 0 bridgehead atoms. The number of amides is 1. The third kappa shape index (κ3) is 3.55. The van der Waals surface area contributed by atoms with Crippen LogP contribution in [0.1, 0.15) is 19.8 Å². The molecule has 1 saturated heterocycles. The summed E-state index contributed by atoms with van der Waals surface area (Å²) < 4.78 is 7.16. The molecule has 4 rings (SSSR count). The first-order valence-corrected chi connectivity index (χ1v) is 9.19. The highest BCUT2D eigenvalue weighted by Gasteiger charge is 2.19. The summed E-state index contributed by atoms with van der Waals surface area (Å²) in [5.74, 6) is 1.36. The van der Waals surface area contributed by atoms with Crippen LogP contribution in [0.3, 0.4) is 0 Å². The van der Waals surface area contributed by atoms with E-state index >= 15 is 0 Å². The summed E-state index contributed by atoms with van der Waals surface area (Å²) >= 11 is 0. The van der Waals surface area contributed by atoms with Crippen molar-refractivity contribution in [2.24, 2.45) is 0 Å². The summed E-state index contributed by atoms with van der Waals surface area (Å²) in [6, 6.07) is 7.38. The standard InChI is InChI=1S/C19H22N6O2/c1-2-27-16-8-4-3-7-15(16)23-17(26)12-25-19-14(11-22-25)18(20-13-21-19)24-9-5-6-10-24/h3-4,7-8,11,13H,2,5-6,9-10,12H2,1H3,(H,23,26). The molecule has 0 atom stereocenters. The fourth-order valence-electron chi connectivity index (χ4n) is 3.35. The number of carbonyl (C=O) groups is 1. The maximum Gasteiger partial charge on any atom is 0.246 e. The molecule has 140 valence electrons. The number of anilines is 2. The topological polar surface area (TPSA) is 85.2 Å². The summed E-state index contributed by atoms with van der Waals surface area (Å²) in [6.45, 7) is 4.50. The highest BCUT2D eigenvalue weighted by Crippen LogP contribution is 2.26. The molecule has 27 heavy (non-hydrogen) atoms. The van der Waals surface area contributed by atoms with Gasteiger partial charge in [0.2, 0.25) is 5.91 Å². The van der Waals surface area contributed by atoms with Crippen molar-refractivity contribution in [2.45, 2.75) is 26.3 Å². The molecule has 0 saturated carbocycles. The second kappa shape index (κ2) is 7.61. The monoisotopic (exact) mass is 366 g/mol. The van der Waals surface area contributed by atoms with Crippen molar-refractivity contribution in [3.8, 4) is 5.75 Å². The molecule has 0 spiro atoms. The van der Waals surface area contributed by atoms with E-state index in [1.165, 1.54) is 19.2 Å². The SMILES string of the molecule is CCOc1ccccc1NC(=O)Cn1ncc2c(N3CCCC3)ncnc21. The van der Waals surface area contributed by atoms with Gasteiger partial charge >= 0.3 is 0 Å². The van der Waals surface area contributed by atoms with E-state index < -0.39 is 0 Å². The third-order valence-electron chi connectivity index (χ3n) is 4.57. The van der Waals surface area contributed by atoms with Crippen molar-refractivity contribution in [1.82, 2.24) is 19.7 Å². The zero-order valence-electron chi connectivity index (χ0n) is 15.3. The van der Waals surface area contributed by atoms with Gasteiger partial charge in [-0.25, -0.2) is 14.6 Å². The van der Waals surface area contributed by atoms with E-state index in [9.17, 15) is 4.79 Å². The van der Waals surface area contributed by atoms with Crippen molar-refractivity contribution in [1.29, 1.82) is 0 Å². The minimum absolute atomic E-state index is 0.0699. The molecule has 3 heterocycles. The fourth-order valence-corrected chi connectivity index (χ4v) is 3.35. The molecule has 0 radical (unpaired) electrons. The fraction of sp³-hybridized carbons (Fsp3) is 0.368. The average Bonchev–Trinajstić information content (AvgIpc) is 3.34. The molecule has 1 N–H and O–H groups in total. The molecular weight excluding hydrogens is 344 g/mol. The molecule has 0 unspecified atom stereocenters. The molecule has 3 aromatic rings. The van der Waals surface area contributed by atoms with E-state index in [1.54, 1.807) is 10.9 Å². The van der Waals surface area contributed by atoms with E-state index in [-0.39, 0.29) is 12.5 Å². The smallest absolute Gasteiger partial charge is 0.246 e. The van der Waals surface area contributed by atoms with Crippen LogP contribution in [0, 0.1) is 0 Å². The van der Waals surface area contributed by atoms with Crippen molar-refractivity contribution in [2.75, 3.05) is 29.9 Å². The van der Waals surface area contributed by atoms with Crippen LogP contribution in [0.5, 0.6) is 5.75 Å². The first-order chi connectivity index (χ1) is 13.3. The van der Waals surface area contributed by atoms with Crippen LogP contribution in [-0.4, -0.2) is 45.4 Å². The van der Waals surface area contributed by atoms with Gasteiger partial charge in [-0.15, -0.1) is 0 Å². The molecule has 2 aromatic heterocycles. The Balaban J connectivity index is 1.54. The Bertz CT molecular complexity index is 948. The lowest BCUT2D eigenvalue weighted by Gasteiger charge is -2.16. The van der Waals surface area contributed by atoms with Gasteiger partial charge in [-0.05, 0) is 31.9 Å². The molecular formula is C19H22N6O2. The predicted octanol–water partition coefficient (Wildman–Crippen LogP) is 2.46. The van der Waals surface area contributed by atoms with Gasteiger partial charge in [0.05, 0.1) is 23.9 Å². The summed E-state index contributed by atoms with van der Waals surface area (Å²) in [6.07, 6.45) is 5.61. The van der Waals surface area contributed by atoms with E-state index in [1.807, 2.05) is 31.2 Å². The van der Waals surface area contributed by atoms with Gasteiger partial charge in [0.15, 0.2) is 5.65 Å². The van der Waals surface area contributed by atoms with Gasteiger partial charge in [0, 0.05) is 13.1 Å². The first-order valence-electron chi connectivity index (χ1n) is 9.19. The van der Waals surface area contributed by atoms with Crippen LogP contribution in [0.15, 0.2) is 36.8 Å². The number of aromatic nitrogens is 4. The van der Waals surface area contributed by atoms with Crippen molar-refractivity contribution in [3.63, 3.8) is 0 Å². The molecule has 1 aromatic carbocycles. The normalized spacial score (nSPS) is 13.9. The van der Waals surface area contributed by atoms with Crippen LogP contribution in [0.2, 0.25) is 0 Å². The van der Waals surface area contributed by atoms with Crippen molar-refractivity contribution >= 4 is 28.4 Å². The maximum atomic E-state index is 12.5. The zero-order valence-corrected chi connectivity index (χ0v) is 15.3. The first kappa shape index (κ1) is 17.3. The van der Waals surface area contributed by atoms with E-state index in [0.717, 1.165) is 24.3 Å². The molecule has 8 heteroatoms. The number of fused-ring (bicyclic) bond motifs is 1. The highest BCUT2D eigenvalue weighted by molar-refractivity contribution is 5.93. The molecule has 1 aliphatic heterocycles. The van der Waals surface area contributed by atoms with Crippen molar-refractivity contribution < 1.29 is 9.53 Å². The zero-order chi connectivity index (χ0) is 18.6. The number of hydrogen-bond donors (Lipinski definition) is 1. The highest BCUT2D eigenvalue weighted by atomic mass is 16.5. The molecule has 1 aliphatic rings. The number of hydrogen-bond acceptors (Lipinski definition) is 6. The predicted molar refractivity (Wildman–Crippen MR) is 103 cm³/mol. The lowest BCUT2D eigenvalue weighted by Crippen LogP contribution is -2.21. The van der Waals surface area contributed by atoms with Crippen LogP contribution in [0.4, 0.5) is 11.5 Å². The quantitative estimate of drug-likeness (QED) is 0.721. The number of nitrogens with one attached hydrogen (secondary N) is 1. The van der Waals surface area contributed by atoms with Gasteiger partial charge in [0.25, 0.3) is 0 Å². The van der Waals surface area contributed by atoms with Gasteiger partial charge in [0.1, 0.15) is 24.4 Å². The molecule has 8 nitrogen and oxygen atoms in total. The van der Waals surface area contributed by atoms with E-state index in [0.29, 0.717) is 23.7 Å². The Morgan fingerprint density at radius 3 is 2.85 bits per heavy atom. The Hall–Kier alpha value is -3.16. The summed E-state index contributed by atoms with van der Waals surface area (Å²) in [5.41, 5.74) is 1.31. The Morgan fingerprint density at radius 2 is 2.04 bits per heavy atom. The van der Waals surface area contributed by atoms with Crippen LogP contribution in [-0.2, 0) is 11.3 Å². The lowest BCUT2D eigenvalue weighted by molar-refractivity contribution is -0.116. The van der Waals surface area contributed by atoms with E-state index in [2.05, 4.69) is 25.3 Å². The Labute approximate surface area is 157 Å². The van der Waals surface area contributed by atoms with Gasteiger partial charge in [-0.3, -0.25) is 4.79 Å². The van der Waals surface area contributed by atoms with Crippen LogP contribution in [0.25, 0.3) is 11.0 Å². The van der Waals surface area contributed by atoms with Crippen LogP contribution >= 0.6 is 0 Å². The van der Waals surface area contributed by atoms with Crippen molar-refractivity contribution in [3.05, 3.63) is 36.8 Å². The number of para-hydroxylation sites is 2. The summed E-state index contributed by atoms with van der Waals surface area (Å²) in [4.78, 5) is 23.5. The number of benzene rings is 1. The van der Waals surface area contributed by atoms with E-state index in [4.69, 9.17) is 4.74 Å². The summed E-state index contributed by atoms with van der Waals surface area (Å²) in [5, 5.41) is 8.13.